The second-order valence-corrected chi connectivity index (χ2v) is 8.01. The minimum Gasteiger partial charge on any atom is -0.323 e. The molecule has 0 aliphatic rings. The number of amides is 1. The number of carbonyl (C=O) groups is 1. The highest BCUT2D eigenvalue weighted by Gasteiger charge is 2.19. The zero-order valence-electron chi connectivity index (χ0n) is 10.0. The van der Waals surface area contributed by atoms with Gasteiger partial charge in [0.1, 0.15) is 5.38 Å². The third-order valence-corrected chi connectivity index (χ3v) is 5.35. The molecule has 1 amide bonds. The van der Waals surface area contributed by atoms with Gasteiger partial charge in [0.15, 0.2) is 0 Å². The highest BCUT2D eigenvalue weighted by atomic mass is 127. The fraction of sp³-hybridized carbons (Fsp3) is 0.0714. The quantitative estimate of drug-likeness (QED) is 0.360. The summed E-state index contributed by atoms with van der Waals surface area (Å²) in [6, 6.07) is 13.4. The Balaban J connectivity index is 2.20. The van der Waals surface area contributed by atoms with Crippen LogP contribution in [0.3, 0.4) is 0 Å². The molecule has 2 rings (SSSR count). The fourth-order valence-electron chi connectivity index (χ4n) is 1.62. The van der Waals surface area contributed by atoms with Crippen molar-refractivity contribution in [2.45, 2.75) is 5.38 Å². The number of carbonyl (C=O) groups excluding carboxylic acids is 1. The van der Waals surface area contributed by atoms with Gasteiger partial charge in [0.05, 0.1) is 5.69 Å². The van der Waals surface area contributed by atoms with Crippen LogP contribution in [0.1, 0.15) is 10.9 Å². The maximum Gasteiger partial charge on any atom is 0.247 e. The summed E-state index contributed by atoms with van der Waals surface area (Å²) in [6.45, 7) is 0. The Morgan fingerprint density at radius 1 is 1.05 bits per heavy atom. The molecule has 1 unspecified atom stereocenters. The molecule has 0 fully saturated rings. The molecule has 0 spiro atoms. The molecular formula is C14H9ClI3NO. The summed E-state index contributed by atoms with van der Waals surface area (Å²) in [7, 11) is 0. The average molecular weight is 623 g/mol. The molecule has 0 saturated carbocycles. The van der Waals surface area contributed by atoms with Gasteiger partial charge in [-0.3, -0.25) is 4.79 Å². The molecule has 104 valence electrons. The number of alkyl halides is 1. The van der Waals surface area contributed by atoms with Gasteiger partial charge in [0.2, 0.25) is 5.91 Å². The van der Waals surface area contributed by atoms with Crippen LogP contribution in [0, 0.1) is 10.7 Å². The molecule has 1 N–H and O–H groups in total. The Kier molecular flexibility index (Phi) is 6.36. The lowest BCUT2D eigenvalue weighted by molar-refractivity contribution is -0.116. The molecule has 0 heterocycles. The van der Waals surface area contributed by atoms with Crippen molar-refractivity contribution in [1.29, 1.82) is 0 Å². The third-order valence-electron chi connectivity index (χ3n) is 2.58. The molecule has 6 heteroatoms. The minimum absolute atomic E-state index is 0.213. The van der Waals surface area contributed by atoms with Crippen LogP contribution in [-0.4, -0.2) is 5.91 Å². The first-order chi connectivity index (χ1) is 9.49. The first kappa shape index (κ1) is 16.8. The summed E-state index contributed by atoms with van der Waals surface area (Å²) < 4.78 is 3.15. The lowest BCUT2D eigenvalue weighted by atomic mass is 10.1. The first-order valence-electron chi connectivity index (χ1n) is 5.63. The van der Waals surface area contributed by atoms with Crippen molar-refractivity contribution in [1.82, 2.24) is 0 Å². The predicted molar refractivity (Wildman–Crippen MR) is 108 cm³/mol. The van der Waals surface area contributed by atoms with Gasteiger partial charge in [-0.15, -0.1) is 11.6 Å². The van der Waals surface area contributed by atoms with Gasteiger partial charge < -0.3 is 5.32 Å². The molecule has 2 aromatic rings. The Bertz CT molecular complexity index is 611. The van der Waals surface area contributed by atoms with Crippen LogP contribution >= 0.6 is 79.4 Å². The second kappa shape index (κ2) is 7.59. The first-order valence-corrected chi connectivity index (χ1v) is 9.30. The Labute approximate surface area is 163 Å². The maximum atomic E-state index is 12.3. The van der Waals surface area contributed by atoms with Gasteiger partial charge in [-0.05, 0) is 85.5 Å². The van der Waals surface area contributed by atoms with Crippen LogP contribution in [0.25, 0.3) is 0 Å². The van der Waals surface area contributed by atoms with E-state index in [1.54, 1.807) is 0 Å². The zero-order chi connectivity index (χ0) is 14.7. The summed E-state index contributed by atoms with van der Waals surface area (Å²) in [4.78, 5) is 12.3. The highest BCUT2D eigenvalue weighted by Crippen LogP contribution is 2.29. The number of hydrogen-bond acceptors (Lipinski definition) is 1. The number of rotatable bonds is 3. The van der Waals surface area contributed by atoms with Crippen molar-refractivity contribution in [2.75, 3.05) is 5.32 Å². The molecule has 0 aliphatic carbocycles. The molecule has 2 nitrogen and oxygen atoms in total. The van der Waals surface area contributed by atoms with E-state index in [-0.39, 0.29) is 5.91 Å². The number of nitrogens with one attached hydrogen (secondary N) is 1. The topological polar surface area (TPSA) is 29.1 Å². The van der Waals surface area contributed by atoms with Crippen molar-refractivity contribution in [3.63, 3.8) is 0 Å². The van der Waals surface area contributed by atoms with Gasteiger partial charge in [0, 0.05) is 10.7 Å². The highest BCUT2D eigenvalue weighted by molar-refractivity contribution is 14.1. The second-order valence-electron chi connectivity index (χ2n) is 4.01. The lowest BCUT2D eigenvalue weighted by Gasteiger charge is -2.14. The molecular weight excluding hydrogens is 614 g/mol. The van der Waals surface area contributed by atoms with E-state index in [1.807, 2.05) is 42.5 Å². The number of anilines is 1. The minimum atomic E-state index is -0.693. The van der Waals surface area contributed by atoms with Crippen LogP contribution in [0.15, 0.2) is 42.5 Å². The van der Waals surface area contributed by atoms with Crippen LogP contribution < -0.4 is 5.32 Å². The Morgan fingerprint density at radius 3 is 2.15 bits per heavy atom. The molecule has 0 aliphatic heterocycles. The molecule has 0 radical (unpaired) electrons. The molecule has 2 aromatic carbocycles. The number of halogens is 4. The van der Waals surface area contributed by atoms with E-state index < -0.39 is 5.38 Å². The van der Waals surface area contributed by atoms with Gasteiger partial charge in [-0.1, -0.05) is 30.3 Å². The Hall–Kier alpha value is 0.390. The van der Waals surface area contributed by atoms with Gasteiger partial charge >= 0.3 is 0 Å². The molecule has 20 heavy (non-hydrogen) atoms. The van der Waals surface area contributed by atoms with Crippen molar-refractivity contribution in [3.8, 4) is 0 Å². The Morgan fingerprint density at radius 2 is 1.60 bits per heavy atom. The summed E-state index contributed by atoms with van der Waals surface area (Å²) in [5, 5.41) is 2.22. The summed E-state index contributed by atoms with van der Waals surface area (Å²) in [6.07, 6.45) is 0. The van der Waals surface area contributed by atoms with Crippen molar-refractivity contribution in [2.24, 2.45) is 0 Å². The van der Waals surface area contributed by atoms with Crippen LogP contribution in [0.2, 0.25) is 0 Å². The number of hydrogen-bond donors (Lipinski definition) is 1. The van der Waals surface area contributed by atoms with E-state index in [0.29, 0.717) is 0 Å². The average Bonchev–Trinajstić information content (AvgIpc) is 2.42. The van der Waals surface area contributed by atoms with E-state index in [9.17, 15) is 4.79 Å². The zero-order valence-corrected chi connectivity index (χ0v) is 17.3. The summed E-state index contributed by atoms with van der Waals surface area (Å²) in [5.41, 5.74) is 1.61. The monoisotopic (exact) mass is 623 g/mol. The van der Waals surface area contributed by atoms with Crippen LogP contribution in [0.4, 0.5) is 5.69 Å². The molecule has 1 atom stereocenters. The molecule has 0 aromatic heterocycles. The van der Waals surface area contributed by atoms with Gasteiger partial charge in [-0.25, -0.2) is 0 Å². The van der Waals surface area contributed by atoms with Crippen molar-refractivity contribution >= 4 is 91.0 Å². The largest absolute Gasteiger partial charge is 0.323 e. The normalized spacial score (nSPS) is 12.0. The SMILES string of the molecule is O=C(Nc1c(I)cc(I)cc1I)C(Cl)c1ccccc1. The molecule has 0 bridgehead atoms. The van der Waals surface area contributed by atoms with E-state index in [2.05, 4.69) is 73.1 Å². The lowest BCUT2D eigenvalue weighted by Crippen LogP contribution is -2.18. The van der Waals surface area contributed by atoms with E-state index in [4.69, 9.17) is 11.6 Å². The van der Waals surface area contributed by atoms with E-state index in [0.717, 1.165) is 22.0 Å². The van der Waals surface area contributed by atoms with Crippen molar-refractivity contribution in [3.05, 3.63) is 58.7 Å². The third kappa shape index (κ3) is 4.20. The summed E-state index contributed by atoms with van der Waals surface area (Å²) in [5.74, 6) is -0.213. The fourth-order valence-corrected chi connectivity index (χ4v) is 5.67. The smallest absolute Gasteiger partial charge is 0.247 e. The maximum absolute atomic E-state index is 12.3. The van der Waals surface area contributed by atoms with E-state index >= 15 is 0 Å². The van der Waals surface area contributed by atoms with Crippen molar-refractivity contribution < 1.29 is 4.79 Å². The van der Waals surface area contributed by atoms with Crippen LogP contribution in [0.5, 0.6) is 0 Å². The van der Waals surface area contributed by atoms with Crippen LogP contribution in [-0.2, 0) is 4.79 Å². The summed E-state index contributed by atoms with van der Waals surface area (Å²) >= 11 is 12.9. The molecule has 0 saturated heterocycles. The number of benzene rings is 2. The van der Waals surface area contributed by atoms with E-state index in [1.165, 1.54) is 0 Å². The predicted octanol–water partition coefficient (Wildman–Crippen LogP) is 5.42. The van der Waals surface area contributed by atoms with Gasteiger partial charge in [0.25, 0.3) is 0 Å². The standard InChI is InChI=1S/C14H9ClI3NO/c15-12(8-4-2-1-3-5-8)14(20)19-13-10(17)6-9(16)7-11(13)18/h1-7,12H,(H,19,20). The van der Waals surface area contributed by atoms with Gasteiger partial charge in [-0.2, -0.15) is 0 Å².